The molecule has 1 aromatic rings. The molecule has 0 radical (unpaired) electrons. The van der Waals surface area contributed by atoms with Gasteiger partial charge >= 0.3 is 6.18 Å². The lowest BCUT2D eigenvalue weighted by Gasteiger charge is -2.32. The quantitative estimate of drug-likeness (QED) is 0.850. The van der Waals surface area contributed by atoms with E-state index in [1.165, 1.54) is 6.07 Å². The molecule has 1 aliphatic rings. The van der Waals surface area contributed by atoms with Gasteiger partial charge in [0.2, 0.25) is 0 Å². The number of likely N-dealkylation sites (tertiary alicyclic amines) is 1. The van der Waals surface area contributed by atoms with Crippen LogP contribution in [0.4, 0.5) is 13.2 Å². The summed E-state index contributed by atoms with van der Waals surface area (Å²) < 4.78 is 43.6. The first kappa shape index (κ1) is 19.7. The Balaban J connectivity index is 1.94. The van der Waals surface area contributed by atoms with E-state index in [1.807, 2.05) is 0 Å². The molecule has 0 aliphatic carbocycles. The molecule has 1 heterocycles. The molecule has 1 atom stereocenters. The van der Waals surface area contributed by atoms with E-state index in [4.69, 9.17) is 4.74 Å². The highest BCUT2D eigenvalue weighted by Gasteiger charge is 2.31. The zero-order chi connectivity index (χ0) is 18.4. The van der Waals surface area contributed by atoms with Gasteiger partial charge in [-0.1, -0.05) is 6.07 Å². The number of benzene rings is 1. The summed E-state index contributed by atoms with van der Waals surface area (Å²) in [6.45, 7) is 5.52. The Kier molecular flexibility index (Phi) is 6.84. The van der Waals surface area contributed by atoms with Crippen LogP contribution < -0.4 is 5.32 Å². The number of hydrogen-bond donors (Lipinski definition) is 1. The molecule has 0 bridgehead atoms. The lowest BCUT2D eigenvalue weighted by molar-refractivity contribution is -0.137. The van der Waals surface area contributed by atoms with Gasteiger partial charge in [0.1, 0.15) is 0 Å². The Morgan fingerprint density at radius 2 is 2.16 bits per heavy atom. The van der Waals surface area contributed by atoms with Crippen molar-refractivity contribution in [3.8, 4) is 0 Å². The SMILES string of the molecule is COCCN1CCC[C@H](CNC(=O)c2cc(C(F)(F)F)ccc2C)C1. The number of methoxy groups -OCH3 is 1. The van der Waals surface area contributed by atoms with Crippen molar-refractivity contribution in [3.63, 3.8) is 0 Å². The van der Waals surface area contributed by atoms with Gasteiger partial charge in [-0.05, 0) is 49.9 Å². The fourth-order valence-corrected chi connectivity index (χ4v) is 3.12. The molecule has 1 saturated heterocycles. The second kappa shape index (κ2) is 8.67. The van der Waals surface area contributed by atoms with Crippen LogP contribution in [-0.4, -0.2) is 50.7 Å². The average molecular weight is 358 g/mol. The van der Waals surface area contributed by atoms with Crippen molar-refractivity contribution in [1.29, 1.82) is 0 Å². The third-order valence-electron chi connectivity index (χ3n) is 4.58. The van der Waals surface area contributed by atoms with E-state index in [0.717, 1.165) is 44.6 Å². The van der Waals surface area contributed by atoms with Crippen LogP contribution in [0.15, 0.2) is 18.2 Å². The number of nitrogens with zero attached hydrogens (tertiary/aromatic N) is 1. The molecule has 2 rings (SSSR count). The van der Waals surface area contributed by atoms with Crippen molar-refractivity contribution in [1.82, 2.24) is 10.2 Å². The number of piperidine rings is 1. The molecule has 0 spiro atoms. The number of alkyl halides is 3. The van der Waals surface area contributed by atoms with E-state index in [2.05, 4.69) is 10.2 Å². The molecule has 140 valence electrons. The van der Waals surface area contributed by atoms with Crippen molar-refractivity contribution in [2.75, 3.05) is 39.9 Å². The van der Waals surface area contributed by atoms with E-state index >= 15 is 0 Å². The predicted octanol–water partition coefficient (Wildman–Crippen LogP) is 3.10. The monoisotopic (exact) mass is 358 g/mol. The molecule has 0 unspecified atom stereocenters. The van der Waals surface area contributed by atoms with E-state index in [9.17, 15) is 18.0 Å². The van der Waals surface area contributed by atoms with Gasteiger partial charge in [-0.2, -0.15) is 13.2 Å². The number of amides is 1. The van der Waals surface area contributed by atoms with Gasteiger partial charge < -0.3 is 15.0 Å². The van der Waals surface area contributed by atoms with Gasteiger partial charge in [0, 0.05) is 32.3 Å². The maximum Gasteiger partial charge on any atom is 0.416 e. The minimum atomic E-state index is -4.45. The van der Waals surface area contributed by atoms with Gasteiger partial charge in [-0.3, -0.25) is 4.79 Å². The normalized spacial score (nSPS) is 19.0. The first-order chi connectivity index (χ1) is 11.8. The highest BCUT2D eigenvalue weighted by molar-refractivity contribution is 5.95. The molecular formula is C18H25F3N2O2. The summed E-state index contributed by atoms with van der Waals surface area (Å²) in [5.41, 5.74) is -0.176. The number of carbonyl (C=O) groups excluding carboxylic acids is 1. The van der Waals surface area contributed by atoms with Gasteiger partial charge in [0.25, 0.3) is 5.91 Å². The molecule has 1 fully saturated rings. The minimum Gasteiger partial charge on any atom is -0.383 e. The molecular weight excluding hydrogens is 333 g/mol. The van der Waals surface area contributed by atoms with Crippen LogP contribution in [0.25, 0.3) is 0 Å². The van der Waals surface area contributed by atoms with Gasteiger partial charge in [0.05, 0.1) is 12.2 Å². The number of halogens is 3. The van der Waals surface area contributed by atoms with E-state index < -0.39 is 17.6 Å². The summed E-state index contributed by atoms with van der Waals surface area (Å²) in [5, 5.41) is 2.80. The van der Waals surface area contributed by atoms with Crippen LogP contribution in [0.3, 0.4) is 0 Å². The maximum absolute atomic E-state index is 12.8. The summed E-state index contributed by atoms with van der Waals surface area (Å²) in [6, 6.07) is 3.27. The zero-order valence-electron chi connectivity index (χ0n) is 14.7. The van der Waals surface area contributed by atoms with Gasteiger partial charge in [0.15, 0.2) is 0 Å². The molecule has 1 aromatic carbocycles. The van der Waals surface area contributed by atoms with Crippen molar-refractivity contribution in [3.05, 3.63) is 34.9 Å². The average Bonchev–Trinajstić information content (AvgIpc) is 2.57. The molecule has 25 heavy (non-hydrogen) atoms. The number of rotatable bonds is 6. The third kappa shape index (κ3) is 5.71. The van der Waals surface area contributed by atoms with Crippen molar-refractivity contribution >= 4 is 5.91 Å². The minimum absolute atomic E-state index is 0.0851. The van der Waals surface area contributed by atoms with Crippen LogP contribution in [-0.2, 0) is 10.9 Å². The van der Waals surface area contributed by atoms with E-state index in [-0.39, 0.29) is 5.56 Å². The van der Waals surface area contributed by atoms with Gasteiger partial charge in [-0.25, -0.2) is 0 Å². The Morgan fingerprint density at radius 3 is 2.84 bits per heavy atom. The van der Waals surface area contributed by atoms with E-state index in [1.54, 1.807) is 14.0 Å². The second-order valence-corrected chi connectivity index (χ2v) is 6.54. The molecule has 4 nitrogen and oxygen atoms in total. The summed E-state index contributed by atoms with van der Waals surface area (Å²) >= 11 is 0. The van der Waals surface area contributed by atoms with E-state index in [0.29, 0.717) is 24.6 Å². The van der Waals surface area contributed by atoms with Crippen LogP contribution in [0.5, 0.6) is 0 Å². The molecule has 7 heteroatoms. The van der Waals surface area contributed by atoms with Crippen molar-refractivity contribution in [2.45, 2.75) is 25.9 Å². The summed E-state index contributed by atoms with van der Waals surface area (Å²) in [7, 11) is 1.67. The van der Waals surface area contributed by atoms with Crippen LogP contribution in [0.2, 0.25) is 0 Å². The summed E-state index contributed by atoms with van der Waals surface area (Å²) in [5.74, 6) is -0.140. The predicted molar refractivity (Wildman–Crippen MR) is 89.6 cm³/mol. The first-order valence-corrected chi connectivity index (χ1v) is 8.48. The Labute approximate surface area is 146 Å². The number of nitrogens with one attached hydrogen (secondary N) is 1. The lowest BCUT2D eigenvalue weighted by Crippen LogP contribution is -2.42. The number of aryl methyl sites for hydroxylation is 1. The Morgan fingerprint density at radius 1 is 1.40 bits per heavy atom. The summed E-state index contributed by atoms with van der Waals surface area (Å²) in [4.78, 5) is 14.6. The Hall–Kier alpha value is -1.60. The van der Waals surface area contributed by atoms with Crippen LogP contribution in [0, 0.1) is 12.8 Å². The smallest absolute Gasteiger partial charge is 0.383 e. The lowest BCUT2D eigenvalue weighted by atomic mass is 9.97. The Bertz CT molecular complexity index is 590. The van der Waals surface area contributed by atoms with Crippen LogP contribution >= 0.6 is 0 Å². The molecule has 1 N–H and O–H groups in total. The van der Waals surface area contributed by atoms with Gasteiger partial charge in [-0.15, -0.1) is 0 Å². The topological polar surface area (TPSA) is 41.6 Å². The number of carbonyl (C=O) groups is 1. The maximum atomic E-state index is 12.8. The van der Waals surface area contributed by atoms with Crippen LogP contribution in [0.1, 0.15) is 34.3 Å². The zero-order valence-corrected chi connectivity index (χ0v) is 14.7. The highest BCUT2D eigenvalue weighted by Crippen LogP contribution is 2.30. The van der Waals surface area contributed by atoms with Crippen molar-refractivity contribution in [2.24, 2.45) is 5.92 Å². The number of hydrogen-bond acceptors (Lipinski definition) is 3. The molecule has 0 saturated carbocycles. The standard InChI is InChI=1S/C18H25F3N2O2/c1-13-5-6-15(18(19,20)21)10-16(13)17(24)22-11-14-4-3-7-23(12-14)8-9-25-2/h5-6,10,14H,3-4,7-9,11-12H2,1-2H3,(H,22,24)/t14-/m1/s1. The first-order valence-electron chi connectivity index (χ1n) is 8.48. The highest BCUT2D eigenvalue weighted by atomic mass is 19.4. The fraction of sp³-hybridized carbons (Fsp3) is 0.611. The molecule has 1 amide bonds. The molecule has 0 aromatic heterocycles. The third-order valence-corrected chi connectivity index (χ3v) is 4.58. The number of ether oxygens (including phenoxy) is 1. The van der Waals surface area contributed by atoms with Crippen molar-refractivity contribution < 1.29 is 22.7 Å². The second-order valence-electron chi connectivity index (χ2n) is 6.54. The molecule has 1 aliphatic heterocycles. The fourth-order valence-electron chi connectivity index (χ4n) is 3.12. The summed E-state index contributed by atoms with van der Waals surface area (Å²) in [6.07, 6.45) is -2.40. The largest absolute Gasteiger partial charge is 0.416 e.